The molecule has 3 rings (SSSR count). The van der Waals surface area contributed by atoms with Gasteiger partial charge in [-0.25, -0.2) is 0 Å². The second-order valence-corrected chi connectivity index (χ2v) is 7.24. The normalized spacial score (nSPS) is 12.2. The Labute approximate surface area is 187 Å². The van der Waals surface area contributed by atoms with Crippen molar-refractivity contribution in [1.29, 1.82) is 0 Å². The van der Waals surface area contributed by atoms with Gasteiger partial charge in [-0.1, -0.05) is 59.2 Å². The maximum Gasteiger partial charge on any atom is 0.185 e. The van der Waals surface area contributed by atoms with Crippen LogP contribution in [0.4, 0.5) is 0 Å². The van der Waals surface area contributed by atoms with Gasteiger partial charge in [0, 0.05) is 30.0 Å². The number of ether oxygens (including phenoxy) is 1. The fourth-order valence-corrected chi connectivity index (χ4v) is 3.05. The number of nitrogens with two attached hydrogens (primary N) is 1. The number of pyridine rings is 1. The molecule has 3 aromatic rings. The highest BCUT2D eigenvalue weighted by Crippen LogP contribution is 2.19. The molecule has 0 amide bonds. The van der Waals surface area contributed by atoms with Gasteiger partial charge in [-0.3, -0.25) is 9.78 Å². The van der Waals surface area contributed by atoms with E-state index in [1.165, 1.54) is 24.1 Å². The number of fused-ring (bicyclic) bond motifs is 1. The summed E-state index contributed by atoms with van der Waals surface area (Å²) < 4.78 is 10.3. The van der Waals surface area contributed by atoms with Gasteiger partial charge in [0.15, 0.2) is 12.0 Å². The first-order chi connectivity index (χ1) is 15.0. The van der Waals surface area contributed by atoms with E-state index in [0.717, 1.165) is 35.3 Å². The third-order valence-corrected chi connectivity index (χ3v) is 5.16. The SMILES string of the molecule is CC.CCc1ncc(C(N)OC)cc1CCC(C)CC.O=Cc1cc2ccccc2o1. The molecule has 0 saturated carbocycles. The molecule has 0 aliphatic heterocycles. The predicted molar refractivity (Wildman–Crippen MR) is 128 cm³/mol. The van der Waals surface area contributed by atoms with Crippen molar-refractivity contribution in [2.24, 2.45) is 11.7 Å². The van der Waals surface area contributed by atoms with Crippen LogP contribution in [0.2, 0.25) is 0 Å². The monoisotopic (exact) mass is 426 g/mol. The summed E-state index contributed by atoms with van der Waals surface area (Å²) in [5, 5.41) is 0.967. The van der Waals surface area contributed by atoms with Crippen LogP contribution in [0.25, 0.3) is 11.0 Å². The third-order valence-electron chi connectivity index (χ3n) is 5.16. The Hall–Kier alpha value is -2.50. The van der Waals surface area contributed by atoms with Crippen LogP contribution in [0.5, 0.6) is 0 Å². The summed E-state index contributed by atoms with van der Waals surface area (Å²) in [5.41, 5.74) is 10.1. The largest absolute Gasteiger partial charge is 0.453 e. The van der Waals surface area contributed by atoms with Gasteiger partial charge >= 0.3 is 0 Å². The minimum Gasteiger partial charge on any atom is -0.453 e. The number of carbonyl (C=O) groups is 1. The Morgan fingerprint density at radius 1 is 1.19 bits per heavy atom. The van der Waals surface area contributed by atoms with Gasteiger partial charge in [0.1, 0.15) is 11.8 Å². The van der Waals surface area contributed by atoms with Gasteiger partial charge in [-0.05, 0) is 48.9 Å². The molecule has 5 heteroatoms. The molecule has 2 unspecified atom stereocenters. The van der Waals surface area contributed by atoms with Crippen LogP contribution in [0.1, 0.15) is 81.1 Å². The van der Waals surface area contributed by atoms with Gasteiger partial charge in [0.05, 0.1) is 0 Å². The van der Waals surface area contributed by atoms with Crippen LogP contribution < -0.4 is 5.73 Å². The Balaban J connectivity index is 0.000000313. The van der Waals surface area contributed by atoms with E-state index in [4.69, 9.17) is 14.9 Å². The van der Waals surface area contributed by atoms with E-state index in [9.17, 15) is 4.79 Å². The van der Waals surface area contributed by atoms with Crippen LogP contribution in [0.15, 0.2) is 47.0 Å². The number of aromatic nitrogens is 1. The Morgan fingerprint density at radius 3 is 2.48 bits per heavy atom. The standard InChI is InChI=1S/C15H26N2O.C9H6O2.C2H6/c1-5-11(3)7-8-12-9-13(15(16)18-4)10-17-14(12)6-2;10-6-8-5-7-3-1-2-4-9(7)11-8;1-2/h9-11,15H,5-8,16H2,1-4H3;1-6H;1-2H3. The number of carbonyl (C=O) groups excluding carboxylic acids is 1. The van der Waals surface area contributed by atoms with Crippen LogP contribution in [-0.4, -0.2) is 18.4 Å². The van der Waals surface area contributed by atoms with E-state index in [-0.39, 0.29) is 6.23 Å². The highest BCUT2D eigenvalue weighted by Gasteiger charge is 2.10. The zero-order chi connectivity index (χ0) is 23.2. The molecule has 0 radical (unpaired) electrons. The molecule has 0 saturated heterocycles. The quantitative estimate of drug-likeness (QED) is 0.329. The highest BCUT2D eigenvalue weighted by atomic mass is 16.5. The Morgan fingerprint density at radius 2 is 1.90 bits per heavy atom. The fraction of sp³-hybridized carbons (Fsp3) is 0.462. The zero-order valence-electron chi connectivity index (χ0n) is 19.9. The molecule has 1 aromatic carbocycles. The van der Waals surface area contributed by atoms with Gasteiger partial charge in [0.2, 0.25) is 0 Å². The van der Waals surface area contributed by atoms with E-state index in [0.29, 0.717) is 12.0 Å². The third kappa shape index (κ3) is 8.27. The number of aryl methyl sites for hydroxylation is 2. The van der Waals surface area contributed by atoms with Crippen LogP contribution in [-0.2, 0) is 17.6 Å². The van der Waals surface area contributed by atoms with Crippen molar-refractivity contribution < 1.29 is 13.9 Å². The topological polar surface area (TPSA) is 78.4 Å². The van der Waals surface area contributed by atoms with Crippen molar-refractivity contribution in [3.63, 3.8) is 0 Å². The molecule has 170 valence electrons. The van der Waals surface area contributed by atoms with E-state index in [1.807, 2.05) is 44.3 Å². The summed E-state index contributed by atoms with van der Waals surface area (Å²) in [4.78, 5) is 14.8. The molecule has 0 aliphatic carbocycles. The number of benzene rings is 1. The molecule has 2 atom stereocenters. The number of hydrogen-bond donors (Lipinski definition) is 1. The van der Waals surface area contributed by atoms with E-state index < -0.39 is 0 Å². The van der Waals surface area contributed by atoms with Gasteiger partial charge in [0.25, 0.3) is 0 Å². The van der Waals surface area contributed by atoms with Crippen molar-refractivity contribution >= 4 is 17.3 Å². The number of nitrogens with zero attached hydrogens (tertiary/aromatic N) is 1. The molecule has 0 aliphatic rings. The average molecular weight is 427 g/mol. The molecular weight excluding hydrogens is 388 g/mol. The first-order valence-corrected chi connectivity index (χ1v) is 11.2. The van der Waals surface area contributed by atoms with Crippen molar-refractivity contribution in [2.45, 2.75) is 66.5 Å². The van der Waals surface area contributed by atoms with Gasteiger partial charge in [-0.2, -0.15) is 0 Å². The van der Waals surface area contributed by atoms with E-state index in [1.54, 1.807) is 13.2 Å². The van der Waals surface area contributed by atoms with E-state index >= 15 is 0 Å². The number of methoxy groups -OCH3 is 1. The molecule has 31 heavy (non-hydrogen) atoms. The minimum atomic E-state index is -0.370. The molecular formula is C26H38N2O3. The molecule has 5 nitrogen and oxygen atoms in total. The summed E-state index contributed by atoms with van der Waals surface area (Å²) in [6.45, 7) is 10.7. The minimum absolute atomic E-state index is 0.370. The molecule has 2 heterocycles. The summed E-state index contributed by atoms with van der Waals surface area (Å²) in [6.07, 6.45) is 6.65. The van der Waals surface area contributed by atoms with Crippen LogP contribution in [0.3, 0.4) is 0 Å². The van der Waals surface area contributed by atoms with Gasteiger partial charge in [-0.15, -0.1) is 0 Å². The number of furan rings is 1. The van der Waals surface area contributed by atoms with Crippen molar-refractivity contribution in [3.8, 4) is 0 Å². The molecule has 0 bridgehead atoms. The van der Waals surface area contributed by atoms with Gasteiger partial charge < -0.3 is 14.9 Å². The molecule has 0 spiro atoms. The maximum absolute atomic E-state index is 10.3. The second-order valence-electron chi connectivity index (χ2n) is 7.24. The van der Waals surface area contributed by atoms with Crippen molar-refractivity contribution in [1.82, 2.24) is 4.98 Å². The average Bonchev–Trinajstić information content (AvgIpc) is 3.27. The molecule has 2 N–H and O–H groups in total. The summed E-state index contributed by atoms with van der Waals surface area (Å²) in [6, 6.07) is 11.4. The first kappa shape index (κ1) is 26.5. The summed E-state index contributed by atoms with van der Waals surface area (Å²) >= 11 is 0. The Bertz CT molecular complexity index is 872. The maximum atomic E-state index is 10.3. The number of aldehydes is 1. The smallest absolute Gasteiger partial charge is 0.185 e. The van der Waals surface area contributed by atoms with Crippen LogP contribution in [0, 0.1) is 5.92 Å². The molecule has 0 fully saturated rings. The predicted octanol–water partition coefficient (Wildman–Crippen LogP) is 6.50. The second kappa shape index (κ2) is 14.5. The fourth-order valence-electron chi connectivity index (χ4n) is 3.05. The highest BCUT2D eigenvalue weighted by molar-refractivity contribution is 5.84. The lowest BCUT2D eigenvalue weighted by Gasteiger charge is -2.15. The lowest BCUT2D eigenvalue weighted by molar-refractivity contribution is 0.109. The molecule has 2 aromatic heterocycles. The lowest BCUT2D eigenvalue weighted by atomic mass is 9.96. The number of hydrogen-bond acceptors (Lipinski definition) is 5. The first-order valence-electron chi connectivity index (χ1n) is 11.2. The summed E-state index contributed by atoms with van der Waals surface area (Å²) in [7, 11) is 1.62. The summed E-state index contributed by atoms with van der Waals surface area (Å²) in [5.74, 6) is 1.14. The van der Waals surface area contributed by atoms with E-state index in [2.05, 4.69) is 31.8 Å². The van der Waals surface area contributed by atoms with Crippen LogP contribution >= 0.6 is 0 Å². The van der Waals surface area contributed by atoms with Crippen molar-refractivity contribution in [3.05, 3.63) is 65.2 Å². The van der Waals surface area contributed by atoms with Crippen molar-refractivity contribution in [2.75, 3.05) is 7.11 Å². The Kier molecular flexibility index (Phi) is 12.4. The number of rotatable bonds is 8. The zero-order valence-corrected chi connectivity index (χ0v) is 19.9. The lowest BCUT2D eigenvalue weighted by Crippen LogP contribution is -2.14. The number of para-hydroxylation sites is 1.